The highest BCUT2D eigenvalue weighted by Crippen LogP contribution is 2.35. The molecule has 0 aromatic carbocycles. The average molecular weight is 266 g/mol. The molecular weight excluding hydrogens is 252 g/mol. The van der Waals surface area contributed by atoms with Crippen LogP contribution in [0.15, 0.2) is 6.07 Å². The van der Waals surface area contributed by atoms with Crippen LogP contribution in [0.3, 0.4) is 0 Å². The number of nitrogen functional groups attached to an aromatic ring is 2. The lowest BCUT2D eigenvalue weighted by Gasteiger charge is -2.04. The summed E-state index contributed by atoms with van der Waals surface area (Å²) >= 11 is 1.23. The Kier molecular flexibility index (Phi) is 3.46. The summed E-state index contributed by atoms with van der Waals surface area (Å²) in [4.78, 5) is 17.1. The summed E-state index contributed by atoms with van der Waals surface area (Å²) in [5, 5.41) is 0.769. The largest absolute Gasteiger partial charge is 0.397 e. The summed E-state index contributed by atoms with van der Waals surface area (Å²) in [7, 11) is 1.61. The second-order valence-electron chi connectivity index (χ2n) is 3.85. The number of nitrogens with zero attached hydrogens (tertiary/aromatic N) is 1. The molecule has 7 heteroatoms. The minimum Gasteiger partial charge on any atom is -0.397 e. The number of pyridine rings is 1. The van der Waals surface area contributed by atoms with Crippen LogP contribution < -0.4 is 17.0 Å². The number of carbonyl (C=O) groups is 1. The number of nitrogens with two attached hydrogens (primary N) is 2. The molecule has 18 heavy (non-hydrogen) atoms. The normalized spacial score (nSPS) is 10.8. The van der Waals surface area contributed by atoms with E-state index in [2.05, 4.69) is 10.4 Å². The van der Waals surface area contributed by atoms with Gasteiger partial charge in [0.2, 0.25) is 0 Å². The van der Waals surface area contributed by atoms with E-state index in [4.69, 9.17) is 16.3 Å². The molecule has 0 aliphatic rings. The molecular formula is C11H14N4O2S. The maximum Gasteiger partial charge on any atom is 0.277 e. The molecule has 6 nitrogen and oxygen atoms in total. The van der Waals surface area contributed by atoms with Crippen molar-refractivity contribution in [3.8, 4) is 0 Å². The zero-order valence-corrected chi connectivity index (χ0v) is 10.9. The number of methoxy groups -OCH3 is 1. The molecule has 0 radical (unpaired) electrons. The summed E-state index contributed by atoms with van der Waals surface area (Å²) in [5.74, 6) is 4.72. The van der Waals surface area contributed by atoms with E-state index in [-0.39, 0.29) is 0 Å². The number of anilines is 1. The van der Waals surface area contributed by atoms with Gasteiger partial charge < -0.3 is 10.5 Å². The molecule has 0 aliphatic carbocycles. The Morgan fingerprint density at radius 2 is 2.33 bits per heavy atom. The molecule has 5 N–H and O–H groups in total. The van der Waals surface area contributed by atoms with Gasteiger partial charge >= 0.3 is 0 Å². The number of hydrogen-bond donors (Lipinski definition) is 3. The zero-order chi connectivity index (χ0) is 13.3. The number of hydrazine groups is 1. The third-order valence-corrected chi connectivity index (χ3v) is 3.64. The molecule has 2 aromatic rings. The van der Waals surface area contributed by atoms with Gasteiger partial charge in [-0.05, 0) is 18.6 Å². The van der Waals surface area contributed by atoms with Gasteiger partial charge in [-0.2, -0.15) is 0 Å². The van der Waals surface area contributed by atoms with Gasteiger partial charge in [-0.25, -0.2) is 10.8 Å². The topological polar surface area (TPSA) is 103 Å². The number of aryl methyl sites for hydroxylation is 1. The van der Waals surface area contributed by atoms with Gasteiger partial charge in [-0.15, -0.1) is 11.3 Å². The maximum atomic E-state index is 11.6. The van der Waals surface area contributed by atoms with Gasteiger partial charge in [0.25, 0.3) is 5.91 Å². The molecule has 0 spiro atoms. The molecule has 2 heterocycles. The summed E-state index contributed by atoms with van der Waals surface area (Å²) in [6.07, 6.45) is 0. The van der Waals surface area contributed by atoms with E-state index in [0.717, 1.165) is 21.5 Å². The van der Waals surface area contributed by atoms with Gasteiger partial charge in [-0.3, -0.25) is 10.2 Å². The Hall–Kier alpha value is -1.70. The van der Waals surface area contributed by atoms with Crippen LogP contribution in [-0.4, -0.2) is 18.0 Å². The van der Waals surface area contributed by atoms with Crippen molar-refractivity contribution in [3.63, 3.8) is 0 Å². The van der Waals surface area contributed by atoms with E-state index in [0.29, 0.717) is 17.2 Å². The van der Waals surface area contributed by atoms with Crippen LogP contribution in [-0.2, 0) is 11.3 Å². The first kappa shape index (κ1) is 12.7. The minimum absolute atomic E-state index is 0.378. The number of ether oxygens (including phenoxy) is 1. The fourth-order valence-corrected chi connectivity index (χ4v) is 2.93. The number of amides is 1. The SMILES string of the molecule is COCc1cc(C)nc2sc(C(=O)NN)c(N)c12. The molecule has 0 atom stereocenters. The minimum atomic E-state index is -0.406. The van der Waals surface area contributed by atoms with E-state index in [1.807, 2.05) is 13.0 Å². The molecule has 0 saturated heterocycles. The number of hydrogen-bond acceptors (Lipinski definition) is 6. The molecule has 2 rings (SSSR count). The first-order valence-corrected chi connectivity index (χ1v) is 6.08. The highest BCUT2D eigenvalue weighted by atomic mass is 32.1. The smallest absolute Gasteiger partial charge is 0.277 e. The number of rotatable bonds is 3. The van der Waals surface area contributed by atoms with Gasteiger partial charge in [-0.1, -0.05) is 0 Å². The van der Waals surface area contributed by atoms with Crippen LogP contribution in [0.5, 0.6) is 0 Å². The van der Waals surface area contributed by atoms with E-state index in [1.165, 1.54) is 11.3 Å². The highest BCUT2D eigenvalue weighted by Gasteiger charge is 2.19. The van der Waals surface area contributed by atoms with Crippen LogP contribution in [0.25, 0.3) is 10.2 Å². The van der Waals surface area contributed by atoms with E-state index in [9.17, 15) is 4.79 Å². The molecule has 0 aliphatic heterocycles. The van der Waals surface area contributed by atoms with Crippen molar-refractivity contribution in [1.82, 2.24) is 10.4 Å². The third kappa shape index (κ3) is 2.03. The lowest BCUT2D eigenvalue weighted by atomic mass is 10.1. The quantitative estimate of drug-likeness (QED) is 0.436. The van der Waals surface area contributed by atoms with Crippen LogP contribution in [0.4, 0.5) is 5.69 Å². The van der Waals surface area contributed by atoms with Crippen molar-refractivity contribution >= 4 is 33.1 Å². The second-order valence-corrected chi connectivity index (χ2v) is 4.85. The Morgan fingerprint density at radius 1 is 1.61 bits per heavy atom. The van der Waals surface area contributed by atoms with Crippen LogP contribution >= 0.6 is 11.3 Å². The summed E-state index contributed by atoms with van der Waals surface area (Å²) in [6.45, 7) is 2.31. The molecule has 2 aromatic heterocycles. The summed E-state index contributed by atoms with van der Waals surface area (Å²) < 4.78 is 5.14. The van der Waals surface area contributed by atoms with Crippen molar-refractivity contribution in [1.29, 1.82) is 0 Å². The van der Waals surface area contributed by atoms with Crippen molar-refractivity contribution in [3.05, 3.63) is 22.2 Å². The van der Waals surface area contributed by atoms with E-state index in [1.54, 1.807) is 7.11 Å². The van der Waals surface area contributed by atoms with E-state index >= 15 is 0 Å². The average Bonchev–Trinajstić information content (AvgIpc) is 2.66. The summed E-state index contributed by atoms with van der Waals surface area (Å²) in [5.41, 5.74) is 10.3. The number of carbonyl (C=O) groups excluding carboxylic acids is 1. The highest BCUT2D eigenvalue weighted by molar-refractivity contribution is 7.21. The lowest BCUT2D eigenvalue weighted by molar-refractivity contribution is 0.0958. The fraction of sp³-hybridized carbons (Fsp3) is 0.273. The Morgan fingerprint density at radius 3 is 2.94 bits per heavy atom. The summed E-state index contributed by atoms with van der Waals surface area (Å²) in [6, 6.07) is 1.90. The molecule has 96 valence electrons. The predicted octanol–water partition coefficient (Wildman–Crippen LogP) is 0.937. The predicted molar refractivity (Wildman–Crippen MR) is 71.1 cm³/mol. The van der Waals surface area contributed by atoms with Crippen LogP contribution in [0.1, 0.15) is 20.9 Å². The van der Waals surface area contributed by atoms with Gasteiger partial charge in [0, 0.05) is 18.2 Å². The van der Waals surface area contributed by atoms with Gasteiger partial charge in [0.1, 0.15) is 9.71 Å². The molecule has 1 amide bonds. The number of aromatic nitrogens is 1. The van der Waals surface area contributed by atoms with Crippen LogP contribution in [0.2, 0.25) is 0 Å². The molecule has 0 saturated carbocycles. The molecule has 0 unspecified atom stereocenters. The zero-order valence-electron chi connectivity index (χ0n) is 10.1. The van der Waals surface area contributed by atoms with Crippen molar-refractivity contribution < 1.29 is 9.53 Å². The van der Waals surface area contributed by atoms with Crippen molar-refractivity contribution in [2.45, 2.75) is 13.5 Å². The van der Waals surface area contributed by atoms with E-state index < -0.39 is 5.91 Å². The van der Waals surface area contributed by atoms with Crippen molar-refractivity contribution in [2.75, 3.05) is 12.8 Å². The first-order valence-electron chi connectivity index (χ1n) is 5.26. The third-order valence-electron chi connectivity index (χ3n) is 2.55. The van der Waals surface area contributed by atoms with Gasteiger partial charge in [0.15, 0.2) is 0 Å². The Balaban J connectivity index is 2.71. The number of nitrogens with one attached hydrogen (secondary N) is 1. The maximum absolute atomic E-state index is 11.6. The fourth-order valence-electron chi connectivity index (χ4n) is 1.84. The Bertz CT molecular complexity index is 609. The monoisotopic (exact) mass is 266 g/mol. The van der Waals surface area contributed by atoms with Crippen LogP contribution in [0, 0.1) is 6.92 Å². The van der Waals surface area contributed by atoms with Crippen molar-refractivity contribution in [2.24, 2.45) is 5.84 Å². The molecule has 0 bridgehead atoms. The molecule has 0 fully saturated rings. The number of thiophene rings is 1. The standard InChI is InChI=1S/C11H14N4O2S/c1-5-3-6(4-17-2)7-8(12)9(10(16)15-13)18-11(7)14-5/h3H,4,12-13H2,1-2H3,(H,15,16). The van der Waals surface area contributed by atoms with Gasteiger partial charge in [0.05, 0.1) is 12.3 Å². The number of fused-ring (bicyclic) bond motifs is 1. The first-order chi connectivity index (χ1) is 8.58. The lowest BCUT2D eigenvalue weighted by Crippen LogP contribution is -2.29. The second kappa shape index (κ2) is 4.89. The Labute approximate surface area is 108 Å².